The van der Waals surface area contributed by atoms with Crippen molar-refractivity contribution in [2.45, 2.75) is 11.8 Å². The number of sulfonamides is 1. The molecule has 8 nitrogen and oxygen atoms in total. The van der Waals surface area contributed by atoms with Gasteiger partial charge in [0.2, 0.25) is 10.0 Å². The van der Waals surface area contributed by atoms with Crippen molar-refractivity contribution in [1.82, 2.24) is 4.72 Å². The van der Waals surface area contributed by atoms with E-state index in [1.54, 1.807) is 37.3 Å². The molecular formula is C19H18N2O6S. The van der Waals surface area contributed by atoms with Gasteiger partial charge < -0.3 is 14.5 Å². The molecule has 0 radical (unpaired) electrons. The van der Waals surface area contributed by atoms with Crippen LogP contribution in [0.25, 0.3) is 11.0 Å². The Morgan fingerprint density at radius 3 is 2.61 bits per heavy atom. The van der Waals surface area contributed by atoms with E-state index in [1.807, 2.05) is 0 Å². The fourth-order valence-electron chi connectivity index (χ4n) is 2.55. The van der Waals surface area contributed by atoms with Crippen LogP contribution in [-0.4, -0.2) is 28.0 Å². The summed E-state index contributed by atoms with van der Waals surface area (Å²) < 4.78 is 36.8. The Labute approximate surface area is 161 Å². The normalized spacial score (nSPS) is 11.4. The van der Waals surface area contributed by atoms with Crippen LogP contribution in [0.3, 0.4) is 0 Å². The van der Waals surface area contributed by atoms with E-state index in [0.29, 0.717) is 22.6 Å². The van der Waals surface area contributed by atoms with Crippen LogP contribution in [0.15, 0.2) is 62.6 Å². The van der Waals surface area contributed by atoms with Crippen LogP contribution in [0, 0.1) is 6.92 Å². The predicted octanol–water partition coefficient (Wildman–Crippen LogP) is 2.03. The van der Waals surface area contributed by atoms with Gasteiger partial charge in [0, 0.05) is 23.2 Å². The molecule has 3 rings (SSSR count). The van der Waals surface area contributed by atoms with Gasteiger partial charge in [-0.05, 0) is 49.9 Å². The second kappa shape index (κ2) is 7.83. The zero-order valence-electron chi connectivity index (χ0n) is 15.2. The lowest BCUT2D eigenvalue weighted by atomic mass is 10.2. The highest BCUT2D eigenvalue weighted by Gasteiger charge is 2.16. The van der Waals surface area contributed by atoms with Gasteiger partial charge in [-0.2, -0.15) is 0 Å². The maximum atomic E-state index is 12.1. The molecule has 3 aromatic rings. The Balaban J connectivity index is 1.69. The van der Waals surface area contributed by atoms with Crippen LogP contribution in [-0.2, 0) is 14.8 Å². The fourth-order valence-corrected chi connectivity index (χ4v) is 3.55. The number of carbonyl (C=O) groups is 1. The molecule has 0 unspecified atom stereocenters. The second-order valence-corrected chi connectivity index (χ2v) is 7.83. The van der Waals surface area contributed by atoms with Crippen molar-refractivity contribution < 1.29 is 22.4 Å². The quantitative estimate of drug-likeness (QED) is 0.610. The maximum Gasteiger partial charge on any atom is 0.336 e. The van der Waals surface area contributed by atoms with Gasteiger partial charge in [-0.15, -0.1) is 0 Å². The molecule has 0 aliphatic heterocycles. The number of nitrogens with one attached hydrogen (secondary N) is 2. The number of rotatable bonds is 6. The molecule has 1 amide bonds. The Bertz CT molecular complexity index is 1200. The van der Waals surface area contributed by atoms with Gasteiger partial charge >= 0.3 is 5.63 Å². The molecular weight excluding hydrogens is 384 g/mol. The van der Waals surface area contributed by atoms with Crippen molar-refractivity contribution in [3.05, 3.63) is 64.5 Å². The largest absolute Gasteiger partial charge is 0.484 e. The van der Waals surface area contributed by atoms with E-state index in [-0.39, 0.29) is 11.5 Å². The zero-order chi connectivity index (χ0) is 20.3. The minimum absolute atomic E-state index is 0.0817. The molecule has 0 aliphatic rings. The van der Waals surface area contributed by atoms with E-state index in [1.165, 1.54) is 25.2 Å². The van der Waals surface area contributed by atoms with Gasteiger partial charge in [0.05, 0.1) is 4.90 Å². The minimum atomic E-state index is -3.64. The zero-order valence-corrected chi connectivity index (χ0v) is 16.0. The summed E-state index contributed by atoms with van der Waals surface area (Å²) >= 11 is 0. The number of hydrogen-bond acceptors (Lipinski definition) is 6. The third-order valence-corrected chi connectivity index (χ3v) is 5.55. The van der Waals surface area contributed by atoms with E-state index in [0.717, 1.165) is 5.39 Å². The van der Waals surface area contributed by atoms with Gasteiger partial charge in [0.1, 0.15) is 11.3 Å². The molecule has 0 spiro atoms. The standard InChI is InChI=1S/C19H18N2O6S/c1-12-3-6-14(9-17(12)28(24,25)20-2)21-18(22)11-26-15-7-4-13-5-8-19(23)27-16(13)10-15/h3-10,20H,11H2,1-2H3,(H,21,22). The van der Waals surface area contributed by atoms with Crippen molar-refractivity contribution in [2.75, 3.05) is 19.0 Å². The number of hydrogen-bond donors (Lipinski definition) is 2. The molecule has 1 aromatic heterocycles. The van der Waals surface area contributed by atoms with Gasteiger partial charge in [-0.1, -0.05) is 6.07 Å². The van der Waals surface area contributed by atoms with E-state index < -0.39 is 21.6 Å². The number of anilines is 1. The summed E-state index contributed by atoms with van der Waals surface area (Å²) in [5.74, 6) is -0.106. The Kier molecular flexibility index (Phi) is 5.48. The molecule has 28 heavy (non-hydrogen) atoms. The van der Waals surface area contributed by atoms with Crippen molar-refractivity contribution in [3.8, 4) is 5.75 Å². The maximum absolute atomic E-state index is 12.1. The number of ether oxygens (including phenoxy) is 1. The van der Waals surface area contributed by atoms with Crippen LogP contribution in [0.2, 0.25) is 0 Å². The van der Waals surface area contributed by atoms with Gasteiger partial charge in [-0.25, -0.2) is 17.9 Å². The first-order chi connectivity index (χ1) is 13.3. The summed E-state index contributed by atoms with van der Waals surface area (Å²) in [6, 6.07) is 12.4. The van der Waals surface area contributed by atoms with Crippen LogP contribution in [0.5, 0.6) is 5.75 Å². The van der Waals surface area contributed by atoms with Crippen LogP contribution in [0.1, 0.15) is 5.56 Å². The third kappa shape index (κ3) is 4.38. The number of amides is 1. The molecule has 146 valence electrons. The highest BCUT2D eigenvalue weighted by atomic mass is 32.2. The van der Waals surface area contributed by atoms with E-state index >= 15 is 0 Å². The lowest BCUT2D eigenvalue weighted by Gasteiger charge is -2.11. The number of benzene rings is 2. The predicted molar refractivity (Wildman–Crippen MR) is 104 cm³/mol. The van der Waals surface area contributed by atoms with E-state index in [9.17, 15) is 18.0 Å². The Hall–Kier alpha value is -3.17. The van der Waals surface area contributed by atoms with Crippen LogP contribution >= 0.6 is 0 Å². The average molecular weight is 402 g/mol. The minimum Gasteiger partial charge on any atom is -0.484 e. The number of carbonyl (C=O) groups excluding carboxylic acids is 1. The lowest BCUT2D eigenvalue weighted by molar-refractivity contribution is -0.118. The molecule has 9 heteroatoms. The first-order valence-corrected chi connectivity index (χ1v) is 9.77. The molecule has 0 bridgehead atoms. The second-order valence-electron chi connectivity index (χ2n) is 5.98. The van der Waals surface area contributed by atoms with Gasteiger partial charge in [-0.3, -0.25) is 4.79 Å². The van der Waals surface area contributed by atoms with Crippen molar-refractivity contribution in [1.29, 1.82) is 0 Å². The van der Waals surface area contributed by atoms with Gasteiger partial charge in [0.15, 0.2) is 6.61 Å². The van der Waals surface area contributed by atoms with Crippen molar-refractivity contribution >= 4 is 32.6 Å². The summed E-state index contributed by atoms with van der Waals surface area (Å²) in [5, 5.41) is 3.32. The van der Waals surface area contributed by atoms with Gasteiger partial charge in [0.25, 0.3) is 5.91 Å². The summed E-state index contributed by atoms with van der Waals surface area (Å²) in [6.07, 6.45) is 0. The molecule has 0 fully saturated rings. The molecule has 1 heterocycles. The Morgan fingerprint density at radius 2 is 1.86 bits per heavy atom. The summed E-state index contributed by atoms with van der Waals surface area (Å²) in [4.78, 5) is 23.5. The van der Waals surface area contributed by atoms with E-state index in [2.05, 4.69) is 10.0 Å². The number of aryl methyl sites for hydroxylation is 1. The summed E-state index contributed by atoms with van der Waals surface area (Å²) in [5.41, 5.74) is 0.763. The molecule has 0 saturated carbocycles. The Morgan fingerprint density at radius 1 is 1.11 bits per heavy atom. The highest BCUT2D eigenvalue weighted by Crippen LogP contribution is 2.21. The first-order valence-electron chi connectivity index (χ1n) is 8.29. The topological polar surface area (TPSA) is 115 Å². The molecule has 0 aliphatic carbocycles. The summed E-state index contributed by atoms with van der Waals surface area (Å²) in [7, 11) is -2.32. The molecule has 0 atom stereocenters. The van der Waals surface area contributed by atoms with Crippen LogP contribution < -0.4 is 20.4 Å². The fraction of sp³-hybridized carbons (Fsp3) is 0.158. The molecule has 0 saturated heterocycles. The molecule has 2 aromatic carbocycles. The smallest absolute Gasteiger partial charge is 0.336 e. The average Bonchev–Trinajstić information content (AvgIpc) is 2.67. The summed E-state index contributed by atoms with van der Waals surface area (Å²) in [6.45, 7) is 1.36. The van der Waals surface area contributed by atoms with E-state index in [4.69, 9.17) is 9.15 Å². The lowest BCUT2D eigenvalue weighted by Crippen LogP contribution is -2.22. The SMILES string of the molecule is CNS(=O)(=O)c1cc(NC(=O)COc2ccc3ccc(=O)oc3c2)ccc1C. The number of fused-ring (bicyclic) bond motifs is 1. The third-order valence-electron chi connectivity index (χ3n) is 3.99. The monoisotopic (exact) mass is 402 g/mol. The van der Waals surface area contributed by atoms with Crippen molar-refractivity contribution in [2.24, 2.45) is 0 Å². The van der Waals surface area contributed by atoms with Crippen molar-refractivity contribution in [3.63, 3.8) is 0 Å². The van der Waals surface area contributed by atoms with Crippen LogP contribution in [0.4, 0.5) is 5.69 Å². The highest BCUT2D eigenvalue weighted by molar-refractivity contribution is 7.89. The molecule has 2 N–H and O–H groups in total. The first kappa shape index (κ1) is 19.6.